The van der Waals surface area contributed by atoms with Gasteiger partial charge in [0.1, 0.15) is 11.6 Å². The summed E-state index contributed by atoms with van der Waals surface area (Å²) in [5, 5.41) is 21.1. The molecule has 3 N–H and O–H groups in total. The summed E-state index contributed by atoms with van der Waals surface area (Å²) in [6, 6.07) is 15.4. The number of hydrogen-bond donors (Lipinski definition) is 3. The standard InChI is InChI=1S/C35H36Cl2FN5O5/c1-47-31-15-20(14-26(38)25(31)19-42-13-11-21(44)18-42)22-6-3-7-23(33(22)36)24-8-4-9-28(34(24)37)40-35(46)29-16-30-27(39-17-32(45)48-2)10-5-12-43(30)41-29/h3-4,6-9,14-16,21,27,39,44H,5,10-13,17-19H2,1-2H3,(H,40,46)/t21-,27+/m1/s1. The molecule has 1 saturated heterocycles. The lowest BCUT2D eigenvalue weighted by atomic mass is 9.97. The lowest BCUT2D eigenvalue weighted by Gasteiger charge is -2.24. The number of nitrogens with zero attached hydrogens (tertiary/aromatic N) is 3. The second-order valence-electron chi connectivity index (χ2n) is 11.9. The molecule has 3 aromatic carbocycles. The van der Waals surface area contributed by atoms with Crippen molar-refractivity contribution in [2.45, 2.75) is 44.5 Å². The van der Waals surface area contributed by atoms with Crippen LogP contribution in [0.1, 0.15) is 47.1 Å². The molecule has 0 aliphatic carbocycles. The number of fused-ring (bicyclic) bond motifs is 1. The van der Waals surface area contributed by atoms with E-state index in [4.69, 9.17) is 32.7 Å². The van der Waals surface area contributed by atoms with Gasteiger partial charge in [-0.1, -0.05) is 53.5 Å². The first kappa shape index (κ1) is 33.9. The fraction of sp³-hybridized carbons (Fsp3) is 0.343. The molecule has 2 aliphatic rings. The third-order valence-electron chi connectivity index (χ3n) is 8.83. The average molecular weight is 697 g/mol. The number of halogens is 3. The van der Waals surface area contributed by atoms with Gasteiger partial charge in [-0.05, 0) is 49.1 Å². The Morgan fingerprint density at radius 3 is 2.50 bits per heavy atom. The SMILES string of the molecule is COC(=O)CN[C@H]1CCCn2nc(C(=O)Nc3cccc(-c4cccc(-c5cc(F)c(CN6CC[C@@H](O)C6)c(OC)c5)c4Cl)c3Cl)cc21. The Morgan fingerprint density at radius 2 is 1.77 bits per heavy atom. The Labute approximate surface area is 287 Å². The first-order valence-electron chi connectivity index (χ1n) is 15.7. The minimum atomic E-state index is -0.436. The summed E-state index contributed by atoms with van der Waals surface area (Å²) >= 11 is 13.9. The van der Waals surface area contributed by atoms with Crippen molar-refractivity contribution in [1.82, 2.24) is 20.0 Å². The fourth-order valence-electron chi connectivity index (χ4n) is 6.35. The first-order chi connectivity index (χ1) is 23.2. The van der Waals surface area contributed by atoms with E-state index in [0.717, 1.165) is 18.5 Å². The maximum absolute atomic E-state index is 15.5. The lowest BCUT2D eigenvalue weighted by Crippen LogP contribution is -2.32. The van der Waals surface area contributed by atoms with Crippen molar-refractivity contribution in [1.29, 1.82) is 0 Å². The number of aliphatic hydroxyl groups excluding tert-OH is 1. The van der Waals surface area contributed by atoms with Gasteiger partial charge in [-0.25, -0.2) is 4.39 Å². The number of β-amino-alcohol motifs (C(OH)–C–C–N with tert-alkyl or cyclic N) is 1. The molecule has 0 unspecified atom stereocenters. The zero-order chi connectivity index (χ0) is 33.9. The molecule has 2 atom stereocenters. The molecule has 0 saturated carbocycles. The van der Waals surface area contributed by atoms with Crippen LogP contribution in [0.3, 0.4) is 0 Å². The maximum atomic E-state index is 15.5. The van der Waals surface area contributed by atoms with Gasteiger partial charge in [-0.15, -0.1) is 0 Å². The molecule has 4 aromatic rings. The number of hydrogen-bond acceptors (Lipinski definition) is 8. The van der Waals surface area contributed by atoms with E-state index >= 15 is 4.39 Å². The van der Waals surface area contributed by atoms with E-state index < -0.39 is 17.8 Å². The molecule has 10 nitrogen and oxygen atoms in total. The summed E-state index contributed by atoms with van der Waals surface area (Å²) in [7, 11) is 2.83. The normalized spacial score (nSPS) is 17.6. The van der Waals surface area contributed by atoms with E-state index in [1.807, 2.05) is 17.0 Å². The summed E-state index contributed by atoms with van der Waals surface area (Å²) in [5.41, 5.74) is 4.12. The summed E-state index contributed by atoms with van der Waals surface area (Å²) in [6.45, 7) is 2.20. The van der Waals surface area contributed by atoms with Crippen LogP contribution >= 0.6 is 23.2 Å². The topological polar surface area (TPSA) is 118 Å². The Balaban J connectivity index is 1.24. The van der Waals surface area contributed by atoms with Crippen LogP contribution in [0.5, 0.6) is 5.75 Å². The Morgan fingerprint density at radius 1 is 1.02 bits per heavy atom. The van der Waals surface area contributed by atoms with Gasteiger partial charge in [0, 0.05) is 54.5 Å². The molecular weight excluding hydrogens is 660 g/mol. The van der Waals surface area contributed by atoms with Gasteiger partial charge in [0.25, 0.3) is 5.91 Å². The van der Waals surface area contributed by atoms with Crippen LogP contribution in [0.2, 0.25) is 10.0 Å². The molecule has 2 aliphatic heterocycles. The molecule has 252 valence electrons. The van der Waals surface area contributed by atoms with Gasteiger partial charge in [-0.2, -0.15) is 5.10 Å². The number of ether oxygens (including phenoxy) is 2. The Kier molecular flexibility index (Phi) is 10.3. The number of benzene rings is 3. The number of methoxy groups -OCH3 is 2. The van der Waals surface area contributed by atoms with E-state index in [1.165, 1.54) is 20.3 Å². The molecule has 1 amide bonds. The number of carbonyl (C=O) groups excluding carboxylic acids is 2. The van der Waals surface area contributed by atoms with Crippen LogP contribution in [-0.2, 0) is 22.6 Å². The van der Waals surface area contributed by atoms with E-state index in [-0.39, 0.29) is 29.3 Å². The quantitative estimate of drug-likeness (QED) is 0.171. The number of aryl methyl sites for hydroxylation is 1. The average Bonchev–Trinajstić information content (AvgIpc) is 3.72. The van der Waals surface area contributed by atoms with Crippen molar-refractivity contribution in [2.75, 3.05) is 39.2 Å². The number of esters is 1. The zero-order valence-corrected chi connectivity index (χ0v) is 28.1. The predicted octanol–water partition coefficient (Wildman–Crippen LogP) is 6.09. The van der Waals surface area contributed by atoms with Crippen molar-refractivity contribution >= 4 is 40.8 Å². The predicted molar refractivity (Wildman–Crippen MR) is 182 cm³/mol. The van der Waals surface area contributed by atoms with Crippen LogP contribution in [0, 0.1) is 5.82 Å². The van der Waals surface area contributed by atoms with E-state index in [2.05, 4.69) is 15.7 Å². The lowest BCUT2D eigenvalue weighted by molar-refractivity contribution is -0.139. The highest BCUT2D eigenvalue weighted by Gasteiger charge is 2.27. The van der Waals surface area contributed by atoms with Crippen LogP contribution in [0.15, 0.2) is 54.6 Å². The number of carbonyl (C=O) groups is 2. The van der Waals surface area contributed by atoms with Gasteiger partial charge in [0.05, 0.1) is 48.3 Å². The third-order valence-corrected chi connectivity index (χ3v) is 9.65. The summed E-state index contributed by atoms with van der Waals surface area (Å²) in [5.74, 6) is -0.845. The minimum Gasteiger partial charge on any atom is -0.496 e. The molecule has 48 heavy (non-hydrogen) atoms. The molecule has 13 heteroatoms. The number of likely N-dealkylation sites (tertiary alicyclic amines) is 1. The molecule has 1 fully saturated rings. The number of amides is 1. The fourth-order valence-corrected chi connectivity index (χ4v) is 6.96. The van der Waals surface area contributed by atoms with Crippen molar-refractivity contribution in [2.24, 2.45) is 0 Å². The Bertz CT molecular complexity index is 1850. The van der Waals surface area contributed by atoms with Gasteiger partial charge in [0.2, 0.25) is 0 Å². The second kappa shape index (κ2) is 14.6. The third kappa shape index (κ3) is 7.06. The van der Waals surface area contributed by atoms with Crippen molar-refractivity contribution in [3.8, 4) is 28.0 Å². The van der Waals surface area contributed by atoms with Gasteiger partial charge in [-0.3, -0.25) is 24.5 Å². The molecule has 6 rings (SSSR count). The van der Waals surface area contributed by atoms with Gasteiger partial charge in [0.15, 0.2) is 5.69 Å². The smallest absolute Gasteiger partial charge is 0.319 e. The molecule has 0 radical (unpaired) electrons. The number of rotatable bonds is 10. The van der Waals surface area contributed by atoms with E-state index in [9.17, 15) is 14.7 Å². The number of aromatic nitrogens is 2. The van der Waals surface area contributed by atoms with Crippen LogP contribution in [0.4, 0.5) is 10.1 Å². The van der Waals surface area contributed by atoms with Gasteiger partial charge < -0.3 is 19.9 Å². The number of aliphatic hydroxyl groups is 1. The minimum absolute atomic E-state index is 0.0539. The number of anilines is 1. The van der Waals surface area contributed by atoms with E-state index in [0.29, 0.717) is 76.9 Å². The van der Waals surface area contributed by atoms with Crippen LogP contribution in [-0.4, -0.2) is 71.6 Å². The highest BCUT2D eigenvalue weighted by molar-refractivity contribution is 6.39. The molecule has 0 spiro atoms. The summed E-state index contributed by atoms with van der Waals surface area (Å²) in [4.78, 5) is 27.0. The molecular formula is C35H36Cl2FN5O5. The van der Waals surface area contributed by atoms with Gasteiger partial charge >= 0.3 is 5.97 Å². The van der Waals surface area contributed by atoms with Crippen LogP contribution in [0.25, 0.3) is 22.3 Å². The summed E-state index contributed by atoms with van der Waals surface area (Å²) in [6.07, 6.45) is 1.88. The molecule has 3 heterocycles. The summed E-state index contributed by atoms with van der Waals surface area (Å²) < 4.78 is 27.6. The van der Waals surface area contributed by atoms with Crippen LogP contribution < -0.4 is 15.4 Å². The second-order valence-corrected chi connectivity index (χ2v) is 12.7. The highest BCUT2D eigenvalue weighted by Crippen LogP contribution is 2.43. The molecule has 0 bridgehead atoms. The Hall–Kier alpha value is -4.00. The monoisotopic (exact) mass is 695 g/mol. The van der Waals surface area contributed by atoms with E-state index in [1.54, 1.807) is 41.1 Å². The van der Waals surface area contributed by atoms with Crippen molar-refractivity contribution in [3.05, 3.63) is 87.4 Å². The molecule has 1 aromatic heterocycles. The van der Waals surface area contributed by atoms with Crippen molar-refractivity contribution in [3.63, 3.8) is 0 Å². The zero-order valence-electron chi connectivity index (χ0n) is 26.6. The maximum Gasteiger partial charge on any atom is 0.319 e. The van der Waals surface area contributed by atoms with Crippen molar-refractivity contribution < 1.29 is 28.6 Å². The highest BCUT2D eigenvalue weighted by atomic mass is 35.5. The largest absolute Gasteiger partial charge is 0.496 e. The number of nitrogens with one attached hydrogen (secondary N) is 2. The first-order valence-corrected chi connectivity index (χ1v) is 16.5.